The number of ether oxygens (including phenoxy) is 4. The Labute approximate surface area is 96.2 Å². The van der Waals surface area contributed by atoms with Gasteiger partial charge in [0.15, 0.2) is 17.8 Å². The van der Waals surface area contributed by atoms with Crippen molar-refractivity contribution in [2.75, 3.05) is 21.0 Å². The molecule has 82 valence electrons. The molecule has 0 aromatic heterocycles. The van der Waals surface area contributed by atoms with Crippen LogP contribution >= 0.6 is 15.9 Å². The van der Waals surface area contributed by atoms with Crippen LogP contribution in [0.15, 0.2) is 16.6 Å². The lowest BCUT2D eigenvalue weighted by atomic mass is 10.2. The van der Waals surface area contributed by atoms with E-state index in [4.69, 9.17) is 18.9 Å². The number of rotatable bonds is 3. The van der Waals surface area contributed by atoms with Crippen LogP contribution in [-0.4, -0.2) is 21.0 Å². The molecule has 0 aliphatic carbocycles. The van der Waals surface area contributed by atoms with Crippen LogP contribution in [0.4, 0.5) is 0 Å². The van der Waals surface area contributed by atoms with Gasteiger partial charge in [-0.2, -0.15) is 0 Å². The van der Waals surface area contributed by atoms with Gasteiger partial charge in [0.05, 0.1) is 0 Å². The molecule has 5 heteroatoms. The van der Waals surface area contributed by atoms with Crippen LogP contribution in [0.1, 0.15) is 11.9 Å². The highest BCUT2D eigenvalue weighted by Crippen LogP contribution is 2.39. The maximum Gasteiger partial charge on any atom is 0.231 e. The summed E-state index contributed by atoms with van der Waals surface area (Å²) in [6.45, 7) is 0.260. The Hall–Kier alpha value is -0.780. The molecule has 0 spiro atoms. The van der Waals surface area contributed by atoms with Crippen molar-refractivity contribution in [2.24, 2.45) is 0 Å². The second-order valence-electron chi connectivity index (χ2n) is 3.03. The normalized spacial score (nSPS) is 13.6. The Morgan fingerprint density at radius 2 is 1.80 bits per heavy atom. The van der Waals surface area contributed by atoms with Crippen LogP contribution in [0.25, 0.3) is 0 Å². The van der Waals surface area contributed by atoms with Gasteiger partial charge in [-0.3, -0.25) is 0 Å². The monoisotopic (exact) mass is 274 g/mol. The highest BCUT2D eigenvalue weighted by molar-refractivity contribution is 9.10. The number of halogens is 1. The molecule has 0 amide bonds. The third-order valence-electron chi connectivity index (χ3n) is 2.17. The molecule has 0 atom stereocenters. The summed E-state index contributed by atoms with van der Waals surface area (Å²) in [7, 11) is 3.18. The van der Waals surface area contributed by atoms with Crippen LogP contribution in [0.5, 0.6) is 11.5 Å². The fourth-order valence-corrected chi connectivity index (χ4v) is 1.97. The molecule has 1 aromatic carbocycles. The predicted molar refractivity (Wildman–Crippen MR) is 57.0 cm³/mol. The van der Waals surface area contributed by atoms with Crippen molar-refractivity contribution in [1.82, 2.24) is 0 Å². The lowest BCUT2D eigenvalue weighted by Gasteiger charge is -2.15. The van der Waals surface area contributed by atoms with E-state index in [1.807, 2.05) is 12.1 Å². The fourth-order valence-electron chi connectivity index (χ4n) is 1.46. The highest BCUT2D eigenvalue weighted by Gasteiger charge is 2.20. The maximum absolute atomic E-state index is 5.28. The Balaban J connectivity index is 2.39. The molecule has 0 radical (unpaired) electrons. The SMILES string of the molecule is COC(OC)c1cc2c(cc1Br)OCO2. The first-order valence-electron chi connectivity index (χ1n) is 4.41. The minimum Gasteiger partial charge on any atom is -0.454 e. The first kappa shape index (κ1) is 10.7. The molecule has 0 N–H and O–H groups in total. The number of hydrogen-bond acceptors (Lipinski definition) is 4. The van der Waals surface area contributed by atoms with Gasteiger partial charge in [0.25, 0.3) is 0 Å². The first-order chi connectivity index (χ1) is 7.26. The predicted octanol–water partition coefficient (Wildman–Crippen LogP) is 2.47. The van der Waals surface area contributed by atoms with E-state index >= 15 is 0 Å². The average Bonchev–Trinajstić information content (AvgIpc) is 2.67. The Morgan fingerprint density at radius 3 is 2.40 bits per heavy atom. The zero-order valence-electron chi connectivity index (χ0n) is 8.45. The number of benzene rings is 1. The van der Waals surface area contributed by atoms with Crippen molar-refractivity contribution in [3.05, 3.63) is 22.2 Å². The summed E-state index contributed by atoms with van der Waals surface area (Å²) in [4.78, 5) is 0. The van der Waals surface area contributed by atoms with Gasteiger partial charge in [-0.25, -0.2) is 0 Å². The maximum atomic E-state index is 5.28. The molecular formula is C10H11BrO4. The van der Waals surface area contributed by atoms with Crippen LogP contribution < -0.4 is 9.47 Å². The molecule has 0 saturated heterocycles. The van der Waals surface area contributed by atoms with Crippen molar-refractivity contribution in [3.63, 3.8) is 0 Å². The van der Waals surface area contributed by atoms with Gasteiger partial charge < -0.3 is 18.9 Å². The van der Waals surface area contributed by atoms with Gasteiger partial charge in [0.2, 0.25) is 6.79 Å². The Kier molecular flexibility index (Phi) is 3.14. The first-order valence-corrected chi connectivity index (χ1v) is 5.20. The van der Waals surface area contributed by atoms with Crippen molar-refractivity contribution in [3.8, 4) is 11.5 Å². The van der Waals surface area contributed by atoms with Crippen molar-refractivity contribution in [2.45, 2.75) is 6.29 Å². The molecule has 1 aliphatic heterocycles. The summed E-state index contributed by atoms with van der Waals surface area (Å²) in [6, 6.07) is 3.70. The molecule has 1 heterocycles. The van der Waals surface area contributed by atoms with E-state index in [1.54, 1.807) is 14.2 Å². The van der Waals surface area contributed by atoms with E-state index in [1.165, 1.54) is 0 Å². The van der Waals surface area contributed by atoms with Gasteiger partial charge in [-0.15, -0.1) is 0 Å². The summed E-state index contributed by atoms with van der Waals surface area (Å²) in [5.41, 5.74) is 0.879. The molecule has 4 nitrogen and oxygen atoms in total. The third-order valence-corrected chi connectivity index (χ3v) is 2.86. The zero-order valence-corrected chi connectivity index (χ0v) is 10.0. The average molecular weight is 275 g/mol. The summed E-state index contributed by atoms with van der Waals surface area (Å²) in [5.74, 6) is 1.45. The fraction of sp³-hybridized carbons (Fsp3) is 0.400. The number of fused-ring (bicyclic) bond motifs is 1. The zero-order chi connectivity index (χ0) is 10.8. The minimum atomic E-state index is -0.408. The number of methoxy groups -OCH3 is 2. The van der Waals surface area contributed by atoms with E-state index in [0.717, 1.165) is 15.8 Å². The molecule has 0 bridgehead atoms. The number of hydrogen-bond donors (Lipinski definition) is 0. The van der Waals surface area contributed by atoms with E-state index < -0.39 is 6.29 Å². The van der Waals surface area contributed by atoms with Gasteiger partial charge in [0, 0.05) is 24.3 Å². The molecule has 1 aliphatic rings. The third kappa shape index (κ3) is 1.95. The second kappa shape index (κ2) is 4.38. The van der Waals surface area contributed by atoms with Gasteiger partial charge in [0.1, 0.15) is 0 Å². The summed E-state index contributed by atoms with van der Waals surface area (Å²) in [6.07, 6.45) is -0.408. The molecule has 2 rings (SSSR count). The molecular weight excluding hydrogens is 264 g/mol. The van der Waals surface area contributed by atoms with Crippen molar-refractivity contribution in [1.29, 1.82) is 0 Å². The molecule has 0 unspecified atom stereocenters. The summed E-state index contributed by atoms with van der Waals surface area (Å²) < 4.78 is 21.8. The molecule has 0 saturated carbocycles. The lowest BCUT2D eigenvalue weighted by molar-refractivity contribution is -0.106. The van der Waals surface area contributed by atoms with E-state index in [0.29, 0.717) is 5.75 Å². The van der Waals surface area contributed by atoms with Crippen LogP contribution in [0, 0.1) is 0 Å². The van der Waals surface area contributed by atoms with Crippen LogP contribution in [0.3, 0.4) is 0 Å². The second-order valence-corrected chi connectivity index (χ2v) is 3.88. The Morgan fingerprint density at radius 1 is 1.20 bits per heavy atom. The summed E-state index contributed by atoms with van der Waals surface area (Å²) >= 11 is 3.44. The highest BCUT2D eigenvalue weighted by atomic mass is 79.9. The van der Waals surface area contributed by atoms with Crippen LogP contribution in [0.2, 0.25) is 0 Å². The molecule has 0 fully saturated rings. The van der Waals surface area contributed by atoms with E-state index in [2.05, 4.69) is 15.9 Å². The van der Waals surface area contributed by atoms with Gasteiger partial charge >= 0.3 is 0 Å². The minimum absolute atomic E-state index is 0.260. The lowest BCUT2D eigenvalue weighted by Crippen LogP contribution is -2.04. The molecule has 1 aromatic rings. The quantitative estimate of drug-likeness (QED) is 0.794. The molecule has 15 heavy (non-hydrogen) atoms. The topological polar surface area (TPSA) is 36.9 Å². The van der Waals surface area contributed by atoms with Crippen molar-refractivity contribution >= 4 is 15.9 Å². The van der Waals surface area contributed by atoms with Gasteiger partial charge in [-0.1, -0.05) is 15.9 Å². The smallest absolute Gasteiger partial charge is 0.231 e. The standard InChI is InChI=1S/C10H11BrO4/c1-12-10(13-2)6-3-8-9(4-7(6)11)15-5-14-8/h3-4,10H,5H2,1-2H3. The Bertz CT molecular complexity index is 363. The largest absolute Gasteiger partial charge is 0.454 e. The summed E-state index contributed by atoms with van der Waals surface area (Å²) in [5, 5.41) is 0. The van der Waals surface area contributed by atoms with Crippen molar-refractivity contribution < 1.29 is 18.9 Å². The van der Waals surface area contributed by atoms with Gasteiger partial charge in [-0.05, 0) is 12.1 Å². The van der Waals surface area contributed by atoms with E-state index in [9.17, 15) is 0 Å². The van der Waals surface area contributed by atoms with E-state index in [-0.39, 0.29) is 6.79 Å². The van der Waals surface area contributed by atoms with Crippen LogP contribution in [-0.2, 0) is 9.47 Å².